The Hall–Kier alpha value is -2.54. The van der Waals surface area contributed by atoms with Gasteiger partial charge in [0.2, 0.25) is 10.0 Å². The molecule has 0 saturated heterocycles. The Morgan fingerprint density at radius 3 is 2.60 bits per heavy atom. The van der Waals surface area contributed by atoms with E-state index >= 15 is 0 Å². The molecular formula is C18H22N2O4S. The minimum Gasteiger partial charge on any atom is -0.497 e. The molecule has 2 aromatic carbocycles. The van der Waals surface area contributed by atoms with Crippen LogP contribution in [-0.2, 0) is 16.4 Å². The zero-order valence-electron chi connectivity index (χ0n) is 14.3. The summed E-state index contributed by atoms with van der Waals surface area (Å²) < 4.78 is 30.0. The normalized spacial score (nSPS) is 11.0. The molecule has 25 heavy (non-hydrogen) atoms. The van der Waals surface area contributed by atoms with Crippen molar-refractivity contribution in [2.75, 3.05) is 24.6 Å². The fraction of sp³-hybridized carbons (Fsp3) is 0.278. The van der Waals surface area contributed by atoms with Crippen molar-refractivity contribution in [2.45, 2.75) is 12.8 Å². The van der Waals surface area contributed by atoms with Gasteiger partial charge >= 0.3 is 0 Å². The van der Waals surface area contributed by atoms with Crippen LogP contribution in [0.2, 0.25) is 0 Å². The molecule has 0 aliphatic heterocycles. The van der Waals surface area contributed by atoms with Gasteiger partial charge in [-0.15, -0.1) is 0 Å². The molecule has 0 unspecified atom stereocenters. The highest BCUT2D eigenvalue weighted by Gasteiger charge is 2.08. The van der Waals surface area contributed by atoms with Crippen molar-refractivity contribution in [1.29, 1.82) is 0 Å². The summed E-state index contributed by atoms with van der Waals surface area (Å²) in [5.74, 6) is 0.583. The number of anilines is 1. The van der Waals surface area contributed by atoms with Crippen molar-refractivity contribution in [2.24, 2.45) is 0 Å². The van der Waals surface area contributed by atoms with Crippen LogP contribution in [-0.4, -0.2) is 34.2 Å². The monoisotopic (exact) mass is 362 g/mol. The molecule has 2 rings (SSSR count). The number of hydrogen-bond acceptors (Lipinski definition) is 4. The average Bonchev–Trinajstić information content (AvgIpc) is 2.57. The first kappa shape index (κ1) is 18.8. The van der Waals surface area contributed by atoms with E-state index in [1.807, 2.05) is 24.3 Å². The third-order valence-electron chi connectivity index (χ3n) is 3.49. The van der Waals surface area contributed by atoms with Crippen LogP contribution in [0.15, 0.2) is 48.5 Å². The van der Waals surface area contributed by atoms with Crippen LogP contribution in [0.4, 0.5) is 5.69 Å². The molecule has 0 aromatic heterocycles. The smallest absolute Gasteiger partial charge is 0.251 e. The maximum atomic E-state index is 12.2. The molecule has 0 aliphatic carbocycles. The van der Waals surface area contributed by atoms with Gasteiger partial charge in [-0.1, -0.05) is 18.2 Å². The van der Waals surface area contributed by atoms with Crippen LogP contribution in [0.5, 0.6) is 5.75 Å². The van der Waals surface area contributed by atoms with Gasteiger partial charge in [-0.05, 0) is 48.7 Å². The molecule has 6 nitrogen and oxygen atoms in total. The van der Waals surface area contributed by atoms with Gasteiger partial charge in [0, 0.05) is 17.8 Å². The predicted octanol–water partition coefficient (Wildman–Crippen LogP) is 2.43. The van der Waals surface area contributed by atoms with E-state index in [4.69, 9.17) is 4.74 Å². The van der Waals surface area contributed by atoms with E-state index in [1.165, 1.54) is 6.07 Å². The largest absolute Gasteiger partial charge is 0.497 e. The molecule has 0 saturated carbocycles. The predicted molar refractivity (Wildman–Crippen MR) is 98.6 cm³/mol. The van der Waals surface area contributed by atoms with Crippen molar-refractivity contribution in [1.82, 2.24) is 5.32 Å². The second kappa shape index (κ2) is 8.53. The van der Waals surface area contributed by atoms with Gasteiger partial charge in [-0.25, -0.2) is 8.42 Å². The Labute approximate surface area is 148 Å². The second-order valence-corrected chi connectivity index (χ2v) is 7.41. The molecule has 7 heteroatoms. The molecule has 0 atom stereocenters. The molecule has 0 radical (unpaired) electrons. The van der Waals surface area contributed by atoms with E-state index < -0.39 is 10.0 Å². The first-order valence-corrected chi connectivity index (χ1v) is 9.75. The maximum absolute atomic E-state index is 12.2. The number of hydrogen-bond donors (Lipinski definition) is 2. The van der Waals surface area contributed by atoms with E-state index in [1.54, 1.807) is 25.3 Å². The van der Waals surface area contributed by atoms with Crippen LogP contribution < -0.4 is 14.8 Å². The molecule has 1 amide bonds. The molecule has 0 spiro atoms. The van der Waals surface area contributed by atoms with Gasteiger partial charge < -0.3 is 10.1 Å². The van der Waals surface area contributed by atoms with Crippen LogP contribution in [0.3, 0.4) is 0 Å². The summed E-state index contributed by atoms with van der Waals surface area (Å²) >= 11 is 0. The first-order valence-electron chi connectivity index (χ1n) is 7.86. The molecular weight excluding hydrogens is 340 g/mol. The summed E-state index contributed by atoms with van der Waals surface area (Å²) in [5.41, 5.74) is 1.93. The highest BCUT2D eigenvalue weighted by atomic mass is 32.2. The van der Waals surface area contributed by atoms with Crippen molar-refractivity contribution in [3.05, 3.63) is 59.7 Å². The lowest BCUT2D eigenvalue weighted by Crippen LogP contribution is -2.25. The van der Waals surface area contributed by atoms with Gasteiger partial charge in [0.1, 0.15) is 5.75 Å². The van der Waals surface area contributed by atoms with Crippen molar-refractivity contribution in [3.63, 3.8) is 0 Å². The number of amides is 1. The number of carbonyl (C=O) groups excluding carboxylic acids is 1. The molecule has 2 N–H and O–H groups in total. The molecule has 134 valence electrons. The van der Waals surface area contributed by atoms with Gasteiger partial charge in [0.15, 0.2) is 0 Å². The SMILES string of the molecule is COc1cccc(CCCNC(=O)c2cccc(NS(C)(=O)=O)c2)c1. The van der Waals surface area contributed by atoms with Crippen molar-refractivity contribution in [3.8, 4) is 5.75 Å². The Kier molecular flexibility index (Phi) is 6.41. The van der Waals surface area contributed by atoms with Crippen LogP contribution in [0.1, 0.15) is 22.3 Å². The van der Waals surface area contributed by atoms with E-state index in [0.29, 0.717) is 17.8 Å². The number of nitrogens with one attached hydrogen (secondary N) is 2. The fourth-order valence-electron chi connectivity index (χ4n) is 2.36. The zero-order chi connectivity index (χ0) is 18.3. The van der Waals surface area contributed by atoms with Gasteiger partial charge in [-0.3, -0.25) is 9.52 Å². The fourth-order valence-corrected chi connectivity index (χ4v) is 2.92. The van der Waals surface area contributed by atoms with Crippen LogP contribution in [0, 0.1) is 0 Å². The summed E-state index contributed by atoms with van der Waals surface area (Å²) in [4.78, 5) is 12.2. The maximum Gasteiger partial charge on any atom is 0.251 e. The van der Waals surface area contributed by atoms with E-state index in [0.717, 1.165) is 30.4 Å². The molecule has 0 aliphatic rings. The standard InChI is InChI=1S/C18H22N2O4S/c1-24-17-10-3-6-14(12-17)7-5-11-19-18(21)15-8-4-9-16(13-15)20-25(2,22)23/h3-4,6,8-10,12-13,20H,5,7,11H2,1-2H3,(H,19,21). The third-order valence-corrected chi connectivity index (χ3v) is 4.10. The Bertz CT molecular complexity index is 834. The van der Waals surface area contributed by atoms with E-state index in [9.17, 15) is 13.2 Å². The number of methoxy groups -OCH3 is 1. The zero-order valence-corrected chi connectivity index (χ0v) is 15.1. The van der Waals surface area contributed by atoms with Gasteiger partial charge in [0.25, 0.3) is 5.91 Å². The molecule has 0 fully saturated rings. The number of rotatable bonds is 8. The lowest BCUT2D eigenvalue weighted by molar-refractivity contribution is 0.0953. The van der Waals surface area contributed by atoms with Gasteiger partial charge in [-0.2, -0.15) is 0 Å². The quantitative estimate of drug-likeness (QED) is 0.707. The summed E-state index contributed by atoms with van der Waals surface area (Å²) in [6.07, 6.45) is 2.69. The highest BCUT2D eigenvalue weighted by molar-refractivity contribution is 7.92. The minimum absolute atomic E-state index is 0.234. The minimum atomic E-state index is -3.37. The van der Waals surface area contributed by atoms with E-state index in [-0.39, 0.29) is 5.91 Å². The summed E-state index contributed by atoms with van der Waals surface area (Å²) in [7, 11) is -1.74. The average molecular weight is 362 g/mol. The summed E-state index contributed by atoms with van der Waals surface area (Å²) in [6.45, 7) is 0.528. The second-order valence-electron chi connectivity index (χ2n) is 5.67. The van der Waals surface area contributed by atoms with Gasteiger partial charge in [0.05, 0.1) is 13.4 Å². The van der Waals surface area contributed by atoms with E-state index in [2.05, 4.69) is 10.0 Å². The number of carbonyl (C=O) groups is 1. The van der Waals surface area contributed by atoms with Crippen LogP contribution in [0.25, 0.3) is 0 Å². The summed E-state index contributed by atoms with van der Waals surface area (Å²) in [6, 6.07) is 14.2. The Morgan fingerprint density at radius 1 is 1.12 bits per heavy atom. The third kappa shape index (κ3) is 6.46. The topological polar surface area (TPSA) is 84.5 Å². The molecule has 2 aromatic rings. The Morgan fingerprint density at radius 2 is 1.88 bits per heavy atom. The van der Waals surface area contributed by atoms with Crippen LogP contribution >= 0.6 is 0 Å². The number of benzene rings is 2. The lowest BCUT2D eigenvalue weighted by Gasteiger charge is -2.08. The van der Waals surface area contributed by atoms with Crippen molar-refractivity contribution < 1.29 is 17.9 Å². The number of ether oxygens (including phenoxy) is 1. The molecule has 0 heterocycles. The lowest BCUT2D eigenvalue weighted by atomic mass is 10.1. The first-order chi connectivity index (χ1) is 11.9. The molecule has 0 bridgehead atoms. The highest BCUT2D eigenvalue weighted by Crippen LogP contribution is 2.14. The number of sulfonamides is 1. The van der Waals surface area contributed by atoms with Crippen molar-refractivity contribution >= 4 is 21.6 Å². The summed E-state index contributed by atoms with van der Waals surface area (Å²) in [5, 5.41) is 2.84. The number of aryl methyl sites for hydroxylation is 1. The Balaban J connectivity index is 1.85.